The molecule has 0 saturated carbocycles. The quantitative estimate of drug-likeness (QED) is 0.594. The van der Waals surface area contributed by atoms with Crippen LogP contribution >= 0.6 is 0 Å². The van der Waals surface area contributed by atoms with Gasteiger partial charge in [-0.3, -0.25) is 9.59 Å². The number of ketones is 1. The highest BCUT2D eigenvalue weighted by molar-refractivity contribution is 5.88. The number of alkyl carbamates (subject to hydrolysis) is 1. The molecule has 0 aromatic heterocycles. The highest BCUT2D eigenvalue weighted by Gasteiger charge is 2.28. The van der Waals surface area contributed by atoms with E-state index in [1.807, 2.05) is 13.8 Å². The van der Waals surface area contributed by atoms with Crippen LogP contribution in [0.2, 0.25) is 0 Å². The lowest BCUT2D eigenvalue weighted by atomic mass is 10.1. The molecule has 0 fully saturated rings. The standard InChI is InChI=1S/C16H30N2O5/c1-6-8-11(19)10-17-14(21)13(20)12(9-7-2)18-15(22)23-16(3,4)5/h12-13,20H,6-10H2,1-5H3,(H,17,21)(H,18,22). The second kappa shape index (κ2) is 10.2. The maximum absolute atomic E-state index is 11.9. The third kappa shape index (κ3) is 9.89. The summed E-state index contributed by atoms with van der Waals surface area (Å²) >= 11 is 0. The van der Waals surface area contributed by atoms with Crippen LogP contribution in [0.25, 0.3) is 0 Å². The zero-order valence-corrected chi connectivity index (χ0v) is 14.8. The monoisotopic (exact) mass is 330 g/mol. The second-order valence-electron chi connectivity index (χ2n) is 6.49. The zero-order chi connectivity index (χ0) is 18.0. The maximum atomic E-state index is 11.9. The molecule has 0 saturated heterocycles. The Morgan fingerprint density at radius 2 is 1.74 bits per heavy atom. The Hall–Kier alpha value is -1.63. The Balaban J connectivity index is 4.59. The summed E-state index contributed by atoms with van der Waals surface area (Å²) in [6.07, 6.45) is 0.0405. The van der Waals surface area contributed by atoms with E-state index in [2.05, 4.69) is 10.6 Å². The van der Waals surface area contributed by atoms with Crippen molar-refractivity contribution in [2.24, 2.45) is 0 Å². The molecule has 2 atom stereocenters. The molecule has 0 aliphatic heterocycles. The maximum Gasteiger partial charge on any atom is 0.407 e. The Morgan fingerprint density at radius 3 is 2.22 bits per heavy atom. The van der Waals surface area contributed by atoms with E-state index in [-0.39, 0.29) is 12.3 Å². The van der Waals surface area contributed by atoms with Gasteiger partial charge in [-0.25, -0.2) is 4.79 Å². The normalized spacial score (nSPS) is 13.8. The van der Waals surface area contributed by atoms with Crippen molar-refractivity contribution in [3.05, 3.63) is 0 Å². The molecule has 0 bridgehead atoms. The number of hydrogen-bond donors (Lipinski definition) is 3. The summed E-state index contributed by atoms with van der Waals surface area (Å²) in [5.74, 6) is -0.774. The van der Waals surface area contributed by atoms with Gasteiger partial charge in [-0.15, -0.1) is 0 Å². The lowest BCUT2D eigenvalue weighted by Crippen LogP contribution is -2.52. The zero-order valence-electron chi connectivity index (χ0n) is 14.8. The topological polar surface area (TPSA) is 105 Å². The van der Waals surface area contributed by atoms with Crippen molar-refractivity contribution >= 4 is 17.8 Å². The minimum absolute atomic E-state index is 0.0970. The predicted octanol–water partition coefficient (Wildman–Crippen LogP) is 1.53. The van der Waals surface area contributed by atoms with Crippen molar-refractivity contribution in [2.75, 3.05) is 6.54 Å². The molecule has 134 valence electrons. The first-order valence-electron chi connectivity index (χ1n) is 8.07. The van der Waals surface area contributed by atoms with Crippen LogP contribution in [0.15, 0.2) is 0 Å². The van der Waals surface area contributed by atoms with Crippen molar-refractivity contribution in [1.29, 1.82) is 0 Å². The van der Waals surface area contributed by atoms with Gasteiger partial charge in [0.05, 0.1) is 12.6 Å². The van der Waals surface area contributed by atoms with E-state index < -0.39 is 29.7 Å². The Morgan fingerprint density at radius 1 is 1.13 bits per heavy atom. The molecule has 0 heterocycles. The van der Waals surface area contributed by atoms with E-state index in [0.717, 1.165) is 0 Å². The van der Waals surface area contributed by atoms with Gasteiger partial charge in [-0.1, -0.05) is 20.3 Å². The minimum Gasteiger partial charge on any atom is -0.444 e. The van der Waals surface area contributed by atoms with E-state index in [0.29, 0.717) is 25.7 Å². The third-order valence-corrected chi connectivity index (χ3v) is 2.94. The van der Waals surface area contributed by atoms with E-state index in [1.54, 1.807) is 20.8 Å². The number of hydrogen-bond acceptors (Lipinski definition) is 5. The Bertz CT molecular complexity index is 404. The fourth-order valence-electron chi connectivity index (χ4n) is 1.92. The first-order valence-corrected chi connectivity index (χ1v) is 8.07. The van der Waals surface area contributed by atoms with E-state index >= 15 is 0 Å². The first kappa shape index (κ1) is 21.4. The number of ether oxygens (including phenoxy) is 1. The van der Waals surface area contributed by atoms with Gasteiger partial charge in [-0.05, 0) is 33.6 Å². The number of carbonyl (C=O) groups excluding carboxylic acids is 3. The van der Waals surface area contributed by atoms with Crippen LogP contribution < -0.4 is 10.6 Å². The molecular formula is C16H30N2O5. The van der Waals surface area contributed by atoms with Crippen molar-refractivity contribution in [2.45, 2.75) is 78.0 Å². The summed E-state index contributed by atoms with van der Waals surface area (Å²) in [5, 5.41) is 15.0. The fraction of sp³-hybridized carbons (Fsp3) is 0.812. The van der Waals surface area contributed by atoms with Crippen LogP contribution in [0.3, 0.4) is 0 Å². The lowest BCUT2D eigenvalue weighted by molar-refractivity contribution is -0.132. The molecule has 0 radical (unpaired) electrons. The van der Waals surface area contributed by atoms with Gasteiger partial charge in [0.15, 0.2) is 11.9 Å². The van der Waals surface area contributed by atoms with Crippen molar-refractivity contribution in [3.63, 3.8) is 0 Å². The molecule has 23 heavy (non-hydrogen) atoms. The molecule has 0 spiro atoms. The Labute approximate surface area is 138 Å². The minimum atomic E-state index is -1.43. The van der Waals surface area contributed by atoms with Crippen LogP contribution in [0.4, 0.5) is 4.79 Å². The summed E-state index contributed by atoms with van der Waals surface area (Å²) in [4.78, 5) is 35.1. The molecule has 0 rings (SSSR count). The van der Waals surface area contributed by atoms with Crippen LogP contribution in [-0.4, -0.2) is 47.2 Å². The first-order chi connectivity index (χ1) is 10.6. The fourth-order valence-corrected chi connectivity index (χ4v) is 1.92. The number of amides is 2. The van der Waals surface area contributed by atoms with Crippen LogP contribution in [0.1, 0.15) is 60.3 Å². The van der Waals surface area contributed by atoms with Crippen LogP contribution in [-0.2, 0) is 14.3 Å². The molecule has 0 aromatic carbocycles. The molecule has 0 aromatic rings. The number of aliphatic hydroxyl groups is 1. The SMILES string of the molecule is CCCC(=O)CNC(=O)C(O)C(CCC)NC(=O)OC(C)(C)C. The molecule has 0 aliphatic rings. The second-order valence-corrected chi connectivity index (χ2v) is 6.49. The number of Topliss-reactive ketones (excluding diaryl/α,β-unsaturated/α-hetero) is 1. The predicted molar refractivity (Wildman–Crippen MR) is 87.0 cm³/mol. The smallest absolute Gasteiger partial charge is 0.407 e. The average Bonchev–Trinajstić information content (AvgIpc) is 2.41. The summed E-state index contributed by atoms with van der Waals surface area (Å²) in [5.41, 5.74) is -0.666. The van der Waals surface area contributed by atoms with Gasteiger partial charge in [0.1, 0.15) is 5.60 Å². The van der Waals surface area contributed by atoms with Crippen LogP contribution in [0.5, 0.6) is 0 Å². The summed E-state index contributed by atoms with van der Waals surface area (Å²) in [6.45, 7) is 8.81. The number of rotatable bonds is 9. The molecule has 7 nitrogen and oxygen atoms in total. The molecule has 7 heteroatoms. The van der Waals surface area contributed by atoms with Gasteiger partial charge in [0, 0.05) is 6.42 Å². The lowest BCUT2D eigenvalue weighted by Gasteiger charge is -2.26. The van der Waals surface area contributed by atoms with E-state index in [1.165, 1.54) is 0 Å². The number of carbonyl (C=O) groups is 3. The summed E-state index contributed by atoms with van der Waals surface area (Å²) in [7, 11) is 0. The average molecular weight is 330 g/mol. The van der Waals surface area contributed by atoms with Gasteiger partial charge in [0.2, 0.25) is 0 Å². The van der Waals surface area contributed by atoms with Gasteiger partial charge < -0.3 is 20.5 Å². The largest absolute Gasteiger partial charge is 0.444 e. The van der Waals surface area contributed by atoms with Gasteiger partial charge >= 0.3 is 6.09 Å². The van der Waals surface area contributed by atoms with E-state index in [4.69, 9.17) is 4.74 Å². The third-order valence-electron chi connectivity index (χ3n) is 2.94. The molecule has 3 N–H and O–H groups in total. The van der Waals surface area contributed by atoms with Gasteiger partial charge in [0.25, 0.3) is 5.91 Å². The van der Waals surface area contributed by atoms with Crippen molar-refractivity contribution in [3.8, 4) is 0 Å². The van der Waals surface area contributed by atoms with Crippen LogP contribution in [0, 0.1) is 0 Å². The number of nitrogens with one attached hydrogen (secondary N) is 2. The van der Waals surface area contributed by atoms with E-state index in [9.17, 15) is 19.5 Å². The van der Waals surface area contributed by atoms with Gasteiger partial charge in [-0.2, -0.15) is 0 Å². The summed E-state index contributed by atoms with van der Waals surface area (Å²) < 4.78 is 5.13. The molecular weight excluding hydrogens is 300 g/mol. The molecule has 0 aliphatic carbocycles. The van der Waals surface area contributed by atoms with Crippen molar-refractivity contribution in [1.82, 2.24) is 10.6 Å². The highest BCUT2D eigenvalue weighted by Crippen LogP contribution is 2.09. The number of aliphatic hydroxyl groups excluding tert-OH is 1. The molecule has 2 unspecified atom stereocenters. The highest BCUT2D eigenvalue weighted by atomic mass is 16.6. The Kier molecular flexibility index (Phi) is 9.48. The molecule has 2 amide bonds. The van der Waals surface area contributed by atoms with Crippen molar-refractivity contribution < 1.29 is 24.2 Å². The summed E-state index contributed by atoms with van der Waals surface area (Å²) in [6, 6.07) is -0.767.